The Morgan fingerprint density at radius 1 is 1.50 bits per heavy atom. The predicted molar refractivity (Wildman–Crippen MR) is 64.5 cm³/mol. The summed E-state index contributed by atoms with van der Waals surface area (Å²) in [5, 5.41) is 3.73. The molecule has 0 saturated heterocycles. The third-order valence-electron chi connectivity index (χ3n) is 2.36. The molecule has 0 aliphatic heterocycles. The van der Waals surface area contributed by atoms with Gasteiger partial charge in [-0.3, -0.25) is 0 Å². The van der Waals surface area contributed by atoms with Crippen molar-refractivity contribution < 1.29 is 0 Å². The Kier molecular flexibility index (Phi) is 3.41. The van der Waals surface area contributed by atoms with Crippen molar-refractivity contribution >= 4 is 17.3 Å². The lowest BCUT2D eigenvalue weighted by atomic mass is 10.4. The Morgan fingerprint density at radius 3 is 3.12 bits per heavy atom. The maximum Gasteiger partial charge on any atom is 0.152 e. The van der Waals surface area contributed by atoms with E-state index in [0.717, 1.165) is 17.9 Å². The van der Waals surface area contributed by atoms with Gasteiger partial charge >= 0.3 is 0 Å². The predicted octanol–water partition coefficient (Wildman–Crippen LogP) is 2.56. The van der Waals surface area contributed by atoms with Crippen molar-refractivity contribution in [3.8, 4) is 0 Å². The second kappa shape index (κ2) is 4.99. The van der Waals surface area contributed by atoms with Crippen LogP contribution < -0.4 is 5.32 Å². The molecule has 16 heavy (non-hydrogen) atoms. The van der Waals surface area contributed by atoms with Gasteiger partial charge in [-0.05, 0) is 19.1 Å². The van der Waals surface area contributed by atoms with Crippen LogP contribution in [-0.2, 0) is 13.1 Å². The molecule has 2 rings (SSSR count). The Labute approximate surface area is 99.3 Å². The van der Waals surface area contributed by atoms with Crippen molar-refractivity contribution in [2.75, 3.05) is 5.32 Å². The quantitative estimate of drug-likeness (QED) is 0.830. The summed E-state index contributed by atoms with van der Waals surface area (Å²) in [7, 11) is 0. The fourth-order valence-corrected chi connectivity index (χ4v) is 1.67. The Morgan fingerprint density at radius 2 is 2.38 bits per heavy atom. The van der Waals surface area contributed by atoms with Crippen LogP contribution in [0.1, 0.15) is 12.6 Å². The van der Waals surface area contributed by atoms with Crippen LogP contribution in [0.25, 0.3) is 0 Å². The van der Waals surface area contributed by atoms with Crippen LogP contribution in [0.2, 0.25) is 5.15 Å². The SMILES string of the molecule is CCn1cncc1CNc1cccnc1Cl. The van der Waals surface area contributed by atoms with E-state index in [1.165, 1.54) is 0 Å². The molecule has 1 N–H and O–H groups in total. The number of nitrogens with one attached hydrogen (secondary N) is 1. The lowest BCUT2D eigenvalue weighted by Crippen LogP contribution is -2.06. The molecule has 2 aromatic heterocycles. The van der Waals surface area contributed by atoms with Crippen molar-refractivity contribution in [2.24, 2.45) is 0 Å². The molecule has 0 saturated carbocycles. The second-order valence-corrected chi connectivity index (χ2v) is 3.72. The average Bonchev–Trinajstić information content (AvgIpc) is 2.75. The van der Waals surface area contributed by atoms with E-state index in [0.29, 0.717) is 11.7 Å². The highest BCUT2D eigenvalue weighted by atomic mass is 35.5. The normalized spacial score (nSPS) is 10.4. The molecule has 0 bridgehead atoms. The van der Waals surface area contributed by atoms with Crippen LogP contribution >= 0.6 is 11.6 Å². The molecular formula is C11H13ClN4. The average molecular weight is 237 g/mol. The number of anilines is 1. The van der Waals surface area contributed by atoms with Crippen molar-refractivity contribution in [1.29, 1.82) is 0 Å². The smallest absolute Gasteiger partial charge is 0.152 e. The maximum atomic E-state index is 5.94. The van der Waals surface area contributed by atoms with Gasteiger partial charge in [0.1, 0.15) is 0 Å². The topological polar surface area (TPSA) is 42.7 Å². The second-order valence-electron chi connectivity index (χ2n) is 3.37. The van der Waals surface area contributed by atoms with Gasteiger partial charge in [0, 0.05) is 18.9 Å². The van der Waals surface area contributed by atoms with Gasteiger partial charge in [0.2, 0.25) is 0 Å². The van der Waals surface area contributed by atoms with Crippen molar-refractivity contribution in [3.05, 3.63) is 41.7 Å². The summed E-state index contributed by atoms with van der Waals surface area (Å²) in [6.07, 6.45) is 5.34. The first-order chi connectivity index (χ1) is 7.81. The van der Waals surface area contributed by atoms with E-state index in [1.807, 2.05) is 24.7 Å². The molecule has 0 aliphatic carbocycles. The number of hydrogen-bond acceptors (Lipinski definition) is 3. The molecule has 84 valence electrons. The van der Waals surface area contributed by atoms with Gasteiger partial charge in [0.15, 0.2) is 5.15 Å². The van der Waals surface area contributed by atoms with E-state index in [9.17, 15) is 0 Å². The first-order valence-electron chi connectivity index (χ1n) is 5.14. The molecule has 0 aliphatic rings. The number of aryl methyl sites for hydroxylation is 1. The number of nitrogens with zero attached hydrogens (tertiary/aromatic N) is 3. The number of halogens is 1. The van der Waals surface area contributed by atoms with E-state index in [4.69, 9.17) is 11.6 Å². The number of rotatable bonds is 4. The molecule has 0 fully saturated rings. The molecule has 0 spiro atoms. The van der Waals surface area contributed by atoms with Gasteiger partial charge in [0.25, 0.3) is 0 Å². The molecular weight excluding hydrogens is 224 g/mol. The summed E-state index contributed by atoms with van der Waals surface area (Å²) in [4.78, 5) is 8.10. The number of aromatic nitrogens is 3. The fraction of sp³-hybridized carbons (Fsp3) is 0.273. The molecule has 0 atom stereocenters. The lowest BCUT2D eigenvalue weighted by Gasteiger charge is -2.08. The van der Waals surface area contributed by atoms with Gasteiger partial charge in [-0.15, -0.1) is 0 Å². The molecule has 4 nitrogen and oxygen atoms in total. The van der Waals surface area contributed by atoms with Crippen LogP contribution in [0.3, 0.4) is 0 Å². The van der Waals surface area contributed by atoms with E-state index in [-0.39, 0.29) is 0 Å². The first-order valence-corrected chi connectivity index (χ1v) is 5.52. The molecule has 0 amide bonds. The summed E-state index contributed by atoms with van der Waals surface area (Å²) in [6, 6.07) is 3.76. The Bertz CT molecular complexity index is 467. The summed E-state index contributed by atoms with van der Waals surface area (Å²) in [5.41, 5.74) is 1.97. The minimum absolute atomic E-state index is 0.491. The van der Waals surface area contributed by atoms with Gasteiger partial charge < -0.3 is 9.88 Å². The minimum Gasteiger partial charge on any atom is -0.377 e. The van der Waals surface area contributed by atoms with E-state index < -0.39 is 0 Å². The summed E-state index contributed by atoms with van der Waals surface area (Å²) in [5.74, 6) is 0. The summed E-state index contributed by atoms with van der Waals surface area (Å²) < 4.78 is 2.08. The largest absolute Gasteiger partial charge is 0.377 e. The molecule has 0 aromatic carbocycles. The fourth-order valence-electron chi connectivity index (χ4n) is 1.48. The third-order valence-corrected chi connectivity index (χ3v) is 2.66. The molecule has 0 radical (unpaired) electrons. The van der Waals surface area contributed by atoms with E-state index >= 15 is 0 Å². The zero-order valence-corrected chi connectivity index (χ0v) is 9.78. The van der Waals surface area contributed by atoms with Crippen LogP contribution in [0.5, 0.6) is 0 Å². The van der Waals surface area contributed by atoms with Gasteiger partial charge in [0.05, 0.1) is 24.3 Å². The molecule has 0 unspecified atom stereocenters. The summed E-state index contributed by atoms with van der Waals surface area (Å²) in [6.45, 7) is 3.69. The lowest BCUT2D eigenvalue weighted by molar-refractivity contribution is 0.719. The molecule has 2 aromatic rings. The van der Waals surface area contributed by atoms with Crippen LogP contribution in [0.4, 0.5) is 5.69 Å². The monoisotopic (exact) mass is 236 g/mol. The van der Waals surface area contributed by atoms with Gasteiger partial charge in [-0.2, -0.15) is 0 Å². The van der Waals surface area contributed by atoms with Gasteiger partial charge in [-0.1, -0.05) is 11.6 Å². The molecule has 5 heteroatoms. The highest BCUT2D eigenvalue weighted by Crippen LogP contribution is 2.18. The van der Waals surface area contributed by atoms with Crippen LogP contribution in [-0.4, -0.2) is 14.5 Å². The zero-order valence-electron chi connectivity index (χ0n) is 9.02. The van der Waals surface area contributed by atoms with Crippen LogP contribution in [0.15, 0.2) is 30.9 Å². The highest BCUT2D eigenvalue weighted by molar-refractivity contribution is 6.31. The summed E-state index contributed by atoms with van der Waals surface area (Å²) >= 11 is 5.94. The highest BCUT2D eigenvalue weighted by Gasteiger charge is 2.02. The van der Waals surface area contributed by atoms with Crippen molar-refractivity contribution in [3.63, 3.8) is 0 Å². The maximum absolute atomic E-state index is 5.94. The number of pyridine rings is 1. The standard InChI is InChI=1S/C11H13ClN4/c1-2-16-8-13-6-9(16)7-15-10-4-3-5-14-11(10)12/h3-6,8,15H,2,7H2,1H3. The zero-order chi connectivity index (χ0) is 11.4. The number of imidazole rings is 1. The third kappa shape index (κ3) is 2.33. The van der Waals surface area contributed by atoms with Crippen LogP contribution in [0, 0.1) is 0 Å². The van der Waals surface area contributed by atoms with Crippen molar-refractivity contribution in [2.45, 2.75) is 20.0 Å². The van der Waals surface area contributed by atoms with Gasteiger partial charge in [-0.25, -0.2) is 9.97 Å². The first kappa shape index (κ1) is 11.0. The Balaban J connectivity index is 2.05. The molecule has 2 heterocycles. The number of hydrogen-bond donors (Lipinski definition) is 1. The van der Waals surface area contributed by atoms with E-state index in [2.05, 4.69) is 26.8 Å². The van der Waals surface area contributed by atoms with Crippen molar-refractivity contribution in [1.82, 2.24) is 14.5 Å². The minimum atomic E-state index is 0.491. The van der Waals surface area contributed by atoms with E-state index in [1.54, 1.807) is 6.20 Å². The Hall–Kier alpha value is -1.55.